The summed E-state index contributed by atoms with van der Waals surface area (Å²) >= 11 is 0. The molecule has 7 heteroatoms. The van der Waals surface area contributed by atoms with E-state index in [1.54, 1.807) is 4.90 Å². The standard InChI is InChI=1S/C21H17F3N2O2/c22-21(23,24)16-5-6-18(26-12-9-14-3-1-2-4-17(14)26)19(13-16)25-10-7-15(8-11-25)20(27)28/h1-8,10,13H,9,11-12H2,(H,27,28). The number of benzene rings is 2. The molecule has 2 aliphatic rings. The Kier molecular flexibility index (Phi) is 4.37. The molecule has 28 heavy (non-hydrogen) atoms. The molecule has 0 bridgehead atoms. The van der Waals surface area contributed by atoms with Gasteiger partial charge in [0.15, 0.2) is 0 Å². The number of carbonyl (C=O) groups is 1. The van der Waals surface area contributed by atoms with Gasteiger partial charge in [-0.25, -0.2) is 4.79 Å². The normalized spacial score (nSPS) is 16.2. The van der Waals surface area contributed by atoms with Crippen LogP contribution in [0.5, 0.6) is 0 Å². The first kappa shape index (κ1) is 18.2. The first-order chi connectivity index (χ1) is 13.3. The topological polar surface area (TPSA) is 43.8 Å². The van der Waals surface area contributed by atoms with Crippen molar-refractivity contribution >= 4 is 23.0 Å². The maximum atomic E-state index is 13.3. The van der Waals surface area contributed by atoms with Crippen molar-refractivity contribution in [2.24, 2.45) is 0 Å². The Morgan fingerprint density at radius 2 is 1.82 bits per heavy atom. The monoisotopic (exact) mass is 386 g/mol. The fourth-order valence-electron chi connectivity index (χ4n) is 3.58. The molecule has 1 N–H and O–H groups in total. The van der Waals surface area contributed by atoms with Crippen LogP contribution in [0.3, 0.4) is 0 Å². The summed E-state index contributed by atoms with van der Waals surface area (Å²) in [5, 5.41) is 9.09. The van der Waals surface area contributed by atoms with Crippen LogP contribution in [0.15, 0.2) is 66.4 Å². The molecule has 4 nitrogen and oxygen atoms in total. The van der Waals surface area contributed by atoms with E-state index in [9.17, 15) is 18.0 Å². The average Bonchev–Trinajstić information content (AvgIpc) is 3.11. The van der Waals surface area contributed by atoms with Crippen molar-refractivity contribution in [1.82, 2.24) is 0 Å². The average molecular weight is 386 g/mol. The minimum absolute atomic E-state index is 0.122. The Morgan fingerprint density at radius 1 is 1.04 bits per heavy atom. The number of halogens is 3. The second-order valence-corrected chi connectivity index (χ2v) is 6.66. The SMILES string of the molecule is O=C(O)C1=CCN(c2cc(C(F)(F)F)ccc2N2CCc3ccccc32)C=C1. The van der Waals surface area contributed by atoms with Gasteiger partial charge in [0.05, 0.1) is 22.5 Å². The van der Waals surface area contributed by atoms with Gasteiger partial charge in [-0.05, 0) is 42.3 Å². The highest BCUT2D eigenvalue weighted by Crippen LogP contribution is 2.43. The van der Waals surface area contributed by atoms with E-state index in [0.29, 0.717) is 17.9 Å². The molecule has 4 rings (SSSR count). The molecule has 2 heterocycles. The summed E-state index contributed by atoms with van der Waals surface area (Å²) < 4.78 is 39.9. The van der Waals surface area contributed by atoms with Crippen molar-refractivity contribution in [2.45, 2.75) is 12.6 Å². The van der Waals surface area contributed by atoms with E-state index in [1.165, 1.54) is 24.4 Å². The predicted octanol–water partition coefficient (Wildman–Crippen LogP) is 4.74. The van der Waals surface area contributed by atoms with E-state index < -0.39 is 17.7 Å². The summed E-state index contributed by atoms with van der Waals surface area (Å²) in [7, 11) is 0. The number of hydrogen-bond donors (Lipinski definition) is 1. The van der Waals surface area contributed by atoms with E-state index >= 15 is 0 Å². The van der Waals surface area contributed by atoms with Crippen LogP contribution in [0.1, 0.15) is 11.1 Å². The van der Waals surface area contributed by atoms with E-state index in [-0.39, 0.29) is 12.1 Å². The molecule has 0 saturated heterocycles. The smallest absolute Gasteiger partial charge is 0.416 e. The summed E-state index contributed by atoms with van der Waals surface area (Å²) in [5.41, 5.74) is 2.57. The van der Waals surface area contributed by atoms with Gasteiger partial charge < -0.3 is 14.9 Å². The van der Waals surface area contributed by atoms with Crippen LogP contribution in [0.25, 0.3) is 0 Å². The lowest BCUT2D eigenvalue weighted by molar-refractivity contribution is -0.137. The molecule has 0 saturated carbocycles. The predicted molar refractivity (Wildman–Crippen MR) is 101 cm³/mol. The van der Waals surface area contributed by atoms with Gasteiger partial charge >= 0.3 is 12.1 Å². The minimum atomic E-state index is -4.46. The number of anilines is 3. The zero-order valence-electron chi connectivity index (χ0n) is 14.8. The molecule has 2 aromatic rings. The van der Waals surface area contributed by atoms with Crippen molar-refractivity contribution in [3.05, 3.63) is 77.5 Å². The van der Waals surface area contributed by atoms with Crippen LogP contribution < -0.4 is 9.80 Å². The lowest BCUT2D eigenvalue weighted by Gasteiger charge is -2.30. The zero-order valence-corrected chi connectivity index (χ0v) is 14.8. The quantitative estimate of drug-likeness (QED) is 0.827. The molecule has 0 amide bonds. The molecular weight excluding hydrogens is 369 g/mol. The summed E-state index contributed by atoms with van der Waals surface area (Å²) in [5.74, 6) is -1.06. The fraction of sp³-hybridized carbons (Fsp3) is 0.190. The number of fused-ring (bicyclic) bond motifs is 1. The molecule has 0 fully saturated rings. The third-order valence-corrected chi connectivity index (χ3v) is 4.98. The molecular formula is C21H17F3N2O2. The number of carboxylic acid groups (broad SMARTS) is 1. The number of nitrogens with zero attached hydrogens (tertiary/aromatic N) is 2. The summed E-state index contributed by atoms with van der Waals surface area (Å²) in [6, 6.07) is 11.5. The Balaban J connectivity index is 1.78. The van der Waals surface area contributed by atoms with Crippen molar-refractivity contribution in [3.8, 4) is 0 Å². The maximum absolute atomic E-state index is 13.3. The highest BCUT2D eigenvalue weighted by Gasteiger charge is 2.33. The first-order valence-electron chi connectivity index (χ1n) is 8.79. The zero-order chi connectivity index (χ0) is 19.9. The van der Waals surface area contributed by atoms with Gasteiger partial charge in [-0.1, -0.05) is 24.3 Å². The molecule has 2 aliphatic heterocycles. The van der Waals surface area contributed by atoms with Crippen molar-refractivity contribution in [2.75, 3.05) is 22.9 Å². The largest absolute Gasteiger partial charge is 0.478 e. The molecule has 144 valence electrons. The van der Waals surface area contributed by atoms with Gasteiger partial charge in [0.25, 0.3) is 0 Å². The van der Waals surface area contributed by atoms with E-state index in [0.717, 1.165) is 29.8 Å². The van der Waals surface area contributed by atoms with Crippen LogP contribution >= 0.6 is 0 Å². The molecule has 2 aromatic carbocycles. The third-order valence-electron chi connectivity index (χ3n) is 4.98. The Labute approximate surface area is 159 Å². The second-order valence-electron chi connectivity index (χ2n) is 6.66. The van der Waals surface area contributed by atoms with Crippen LogP contribution in [0.2, 0.25) is 0 Å². The first-order valence-corrected chi connectivity index (χ1v) is 8.79. The van der Waals surface area contributed by atoms with Crippen LogP contribution in [-0.2, 0) is 17.4 Å². The highest BCUT2D eigenvalue weighted by molar-refractivity contribution is 5.91. The molecule has 0 aromatic heterocycles. The Bertz CT molecular complexity index is 995. The maximum Gasteiger partial charge on any atom is 0.416 e. The number of rotatable bonds is 3. The van der Waals surface area contributed by atoms with Gasteiger partial charge in [-0.15, -0.1) is 0 Å². The third kappa shape index (κ3) is 3.24. The summed E-state index contributed by atoms with van der Waals surface area (Å²) in [4.78, 5) is 14.7. The summed E-state index contributed by atoms with van der Waals surface area (Å²) in [6.07, 6.45) is 0.760. The number of carboxylic acids is 1. The van der Waals surface area contributed by atoms with E-state index in [4.69, 9.17) is 5.11 Å². The molecule has 0 aliphatic carbocycles. The van der Waals surface area contributed by atoms with Gasteiger partial charge in [-0.3, -0.25) is 0 Å². The van der Waals surface area contributed by atoms with E-state index in [1.807, 2.05) is 29.2 Å². The minimum Gasteiger partial charge on any atom is -0.478 e. The van der Waals surface area contributed by atoms with Crippen molar-refractivity contribution in [3.63, 3.8) is 0 Å². The number of para-hydroxylation sites is 1. The molecule has 0 atom stereocenters. The Morgan fingerprint density at radius 3 is 2.50 bits per heavy atom. The van der Waals surface area contributed by atoms with Crippen LogP contribution in [-0.4, -0.2) is 24.2 Å². The van der Waals surface area contributed by atoms with Crippen LogP contribution in [0, 0.1) is 0 Å². The van der Waals surface area contributed by atoms with Crippen LogP contribution in [0.4, 0.5) is 30.2 Å². The molecule has 0 unspecified atom stereocenters. The van der Waals surface area contributed by atoms with Gasteiger partial charge in [0, 0.05) is 25.0 Å². The van der Waals surface area contributed by atoms with Gasteiger partial charge in [-0.2, -0.15) is 13.2 Å². The Hall–Kier alpha value is -3.22. The number of hydrogen-bond acceptors (Lipinski definition) is 3. The lowest BCUT2D eigenvalue weighted by Crippen LogP contribution is -2.24. The van der Waals surface area contributed by atoms with E-state index in [2.05, 4.69) is 0 Å². The van der Waals surface area contributed by atoms with Crippen molar-refractivity contribution < 1.29 is 23.1 Å². The van der Waals surface area contributed by atoms with Gasteiger partial charge in [0.1, 0.15) is 0 Å². The molecule has 0 spiro atoms. The summed E-state index contributed by atoms with van der Waals surface area (Å²) in [6.45, 7) is 0.855. The number of alkyl halides is 3. The highest BCUT2D eigenvalue weighted by atomic mass is 19.4. The number of aliphatic carboxylic acids is 1. The molecule has 0 radical (unpaired) electrons. The lowest BCUT2D eigenvalue weighted by atomic mass is 10.1. The van der Waals surface area contributed by atoms with Gasteiger partial charge in [0.2, 0.25) is 0 Å². The van der Waals surface area contributed by atoms with Crippen molar-refractivity contribution in [1.29, 1.82) is 0 Å². The second kappa shape index (κ2) is 6.74. The fourth-order valence-corrected chi connectivity index (χ4v) is 3.58.